The number of carbonyl (C=O) groups excluding carboxylic acids is 1. The lowest BCUT2D eigenvalue weighted by atomic mass is 10.1. The Kier molecular flexibility index (Phi) is 9.57. The molecule has 1 saturated heterocycles. The van der Waals surface area contributed by atoms with E-state index in [9.17, 15) is 4.79 Å². The molecule has 7 nitrogen and oxygen atoms in total. The van der Waals surface area contributed by atoms with Crippen molar-refractivity contribution in [1.29, 1.82) is 0 Å². The molecule has 2 aromatic carbocycles. The minimum Gasteiger partial charge on any atom is -0.494 e. The van der Waals surface area contributed by atoms with Crippen LogP contribution in [0.1, 0.15) is 55.9 Å². The largest absolute Gasteiger partial charge is 0.494 e. The molecule has 0 unspecified atom stereocenters. The number of thiazole rings is 1. The van der Waals surface area contributed by atoms with E-state index in [1.807, 2.05) is 48.5 Å². The first-order valence-corrected chi connectivity index (χ1v) is 15.5. The minimum absolute atomic E-state index is 0.387. The SMILES string of the molecule is CCCCCOc1ccc(/C(=C/c2cc3sc(N=Nc4ccc(N5CCCCC5)cc4)nc3s2)C(=O)OC)cc1. The number of benzene rings is 2. The van der Waals surface area contributed by atoms with Crippen LogP contribution in [0.5, 0.6) is 5.75 Å². The Balaban J connectivity index is 1.27. The molecule has 0 saturated carbocycles. The van der Waals surface area contributed by atoms with Crippen molar-refractivity contribution in [1.82, 2.24) is 4.98 Å². The van der Waals surface area contributed by atoms with E-state index in [0.717, 1.165) is 63.8 Å². The molecule has 3 heterocycles. The summed E-state index contributed by atoms with van der Waals surface area (Å²) in [6.07, 6.45) is 9.03. The van der Waals surface area contributed by atoms with Gasteiger partial charge in [0.2, 0.25) is 5.13 Å². The van der Waals surface area contributed by atoms with Crippen LogP contribution in [0.2, 0.25) is 0 Å². The van der Waals surface area contributed by atoms with E-state index in [0.29, 0.717) is 17.3 Å². The van der Waals surface area contributed by atoms with E-state index < -0.39 is 0 Å². The third-order valence-corrected chi connectivity index (χ3v) is 8.78. The second-order valence-corrected chi connectivity index (χ2v) is 11.8. The lowest BCUT2D eigenvalue weighted by Crippen LogP contribution is -2.29. The molecule has 0 radical (unpaired) electrons. The quantitative estimate of drug-likeness (QED) is 0.0773. The summed E-state index contributed by atoms with van der Waals surface area (Å²) < 4.78 is 11.9. The lowest BCUT2D eigenvalue weighted by molar-refractivity contribution is -0.133. The van der Waals surface area contributed by atoms with Crippen LogP contribution in [0.4, 0.5) is 16.5 Å². The number of fused-ring (bicyclic) bond motifs is 1. The molecule has 1 fully saturated rings. The van der Waals surface area contributed by atoms with Crippen molar-refractivity contribution < 1.29 is 14.3 Å². The predicted molar refractivity (Wildman–Crippen MR) is 166 cm³/mol. The molecule has 5 rings (SSSR count). The summed E-state index contributed by atoms with van der Waals surface area (Å²) in [6, 6.07) is 17.8. The zero-order valence-electron chi connectivity index (χ0n) is 23.0. The van der Waals surface area contributed by atoms with Gasteiger partial charge < -0.3 is 14.4 Å². The van der Waals surface area contributed by atoms with E-state index >= 15 is 0 Å². The molecular formula is C31H34N4O3S2. The molecule has 40 heavy (non-hydrogen) atoms. The highest BCUT2D eigenvalue weighted by Crippen LogP contribution is 2.37. The summed E-state index contributed by atoms with van der Waals surface area (Å²) in [4.78, 5) is 21.5. The smallest absolute Gasteiger partial charge is 0.338 e. The summed E-state index contributed by atoms with van der Waals surface area (Å²) in [6.45, 7) is 5.10. The highest BCUT2D eigenvalue weighted by atomic mass is 32.1. The van der Waals surface area contributed by atoms with Crippen molar-refractivity contribution >= 4 is 66.3 Å². The van der Waals surface area contributed by atoms with E-state index in [1.165, 1.54) is 54.7 Å². The van der Waals surface area contributed by atoms with Gasteiger partial charge in [-0.05, 0) is 79.8 Å². The molecular weight excluding hydrogens is 541 g/mol. The molecule has 0 spiro atoms. The van der Waals surface area contributed by atoms with Gasteiger partial charge in [-0.3, -0.25) is 0 Å². The van der Waals surface area contributed by atoms with Crippen molar-refractivity contribution in [2.45, 2.75) is 45.4 Å². The first kappa shape index (κ1) is 28.0. The van der Waals surface area contributed by atoms with Crippen LogP contribution in [-0.4, -0.2) is 37.8 Å². The van der Waals surface area contributed by atoms with E-state index in [-0.39, 0.29) is 5.97 Å². The number of piperidine rings is 1. The van der Waals surface area contributed by atoms with Crippen LogP contribution in [0.15, 0.2) is 64.8 Å². The van der Waals surface area contributed by atoms with Gasteiger partial charge in [0, 0.05) is 23.7 Å². The third kappa shape index (κ3) is 7.14. The molecule has 9 heteroatoms. The number of carbonyl (C=O) groups is 1. The fourth-order valence-electron chi connectivity index (χ4n) is 4.62. The predicted octanol–water partition coefficient (Wildman–Crippen LogP) is 9.05. The van der Waals surface area contributed by atoms with Crippen molar-refractivity contribution in [3.05, 3.63) is 65.0 Å². The average Bonchev–Trinajstić information content (AvgIpc) is 3.56. The van der Waals surface area contributed by atoms with Gasteiger partial charge in [0.15, 0.2) is 0 Å². The van der Waals surface area contributed by atoms with E-state index in [1.54, 1.807) is 0 Å². The van der Waals surface area contributed by atoms with Gasteiger partial charge in [-0.15, -0.1) is 21.6 Å². The van der Waals surface area contributed by atoms with Gasteiger partial charge in [0.1, 0.15) is 10.6 Å². The topological polar surface area (TPSA) is 76.4 Å². The number of azo groups is 1. The Morgan fingerprint density at radius 1 is 1.00 bits per heavy atom. The zero-order valence-corrected chi connectivity index (χ0v) is 24.6. The maximum absolute atomic E-state index is 12.6. The van der Waals surface area contributed by atoms with Crippen LogP contribution in [0, 0.1) is 0 Å². The zero-order chi connectivity index (χ0) is 27.7. The number of ether oxygens (including phenoxy) is 2. The van der Waals surface area contributed by atoms with Gasteiger partial charge in [-0.2, -0.15) is 0 Å². The second-order valence-electron chi connectivity index (χ2n) is 9.71. The summed E-state index contributed by atoms with van der Waals surface area (Å²) >= 11 is 2.99. The van der Waals surface area contributed by atoms with Crippen molar-refractivity contribution in [2.75, 3.05) is 31.7 Å². The normalized spacial score (nSPS) is 14.2. The maximum atomic E-state index is 12.6. The van der Waals surface area contributed by atoms with Gasteiger partial charge in [0.05, 0.1) is 29.7 Å². The summed E-state index contributed by atoms with van der Waals surface area (Å²) in [7, 11) is 1.40. The van der Waals surface area contributed by atoms with Crippen LogP contribution in [0.3, 0.4) is 0 Å². The Morgan fingerprint density at radius 3 is 2.48 bits per heavy atom. The standard InChI is InChI=1S/C31H34N4O3S2/c1-3-4-8-19-38-25-15-9-22(10-16-25)27(30(36)37-2)20-26-21-28-29(39-26)32-31(40-28)34-33-23-11-13-24(14-12-23)35-17-6-5-7-18-35/h9-16,20-21H,3-8,17-19H2,1-2H3/b27-20-,34-33?. The number of anilines is 1. The van der Waals surface area contributed by atoms with Crippen molar-refractivity contribution in [2.24, 2.45) is 10.2 Å². The second kappa shape index (κ2) is 13.7. The van der Waals surface area contributed by atoms with Crippen LogP contribution < -0.4 is 9.64 Å². The van der Waals surface area contributed by atoms with Gasteiger partial charge >= 0.3 is 5.97 Å². The maximum Gasteiger partial charge on any atom is 0.338 e. The van der Waals surface area contributed by atoms with E-state index in [4.69, 9.17) is 9.47 Å². The first-order chi connectivity index (χ1) is 19.6. The number of methoxy groups -OCH3 is 1. The molecule has 0 amide bonds. The summed E-state index contributed by atoms with van der Waals surface area (Å²) in [5, 5.41) is 9.38. The van der Waals surface area contributed by atoms with Crippen LogP contribution >= 0.6 is 22.7 Å². The molecule has 2 aromatic heterocycles. The van der Waals surface area contributed by atoms with Crippen molar-refractivity contribution in [3.63, 3.8) is 0 Å². The average molecular weight is 575 g/mol. The highest BCUT2D eigenvalue weighted by molar-refractivity contribution is 7.29. The lowest BCUT2D eigenvalue weighted by Gasteiger charge is -2.28. The fraction of sp³-hybridized carbons (Fsp3) is 0.355. The fourth-order valence-corrected chi connectivity index (χ4v) is 6.61. The number of nitrogens with zero attached hydrogens (tertiary/aromatic N) is 4. The number of hydrogen-bond acceptors (Lipinski definition) is 9. The minimum atomic E-state index is -0.387. The monoisotopic (exact) mass is 574 g/mol. The highest BCUT2D eigenvalue weighted by Gasteiger charge is 2.15. The molecule has 0 aliphatic carbocycles. The van der Waals surface area contributed by atoms with Gasteiger partial charge in [0.25, 0.3) is 0 Å². The summed E-state index contributed by atoms with van der Waals surface area (Å²) in [5.41, 5.74) is 3.31. The molecule has 4 aromatic rings. The number of unbranched alkanes of at least 4 members (excludes halogenated alkanes) is 2. The molecule has 208 valence electrons. The van der Waals surface area contributed by atoms with Gasteiger partial charge in [-0.1, -0.05) is 43.2 Å². The molecule has 0 atom stereocenters. The van der Waals surface area contributed by atoms with Crippen molar-refractivity contribution in [3.8, 4) is 5.75 Å². The molecule has 1 aliphatic heterocycles. The third-order valence-electron chi connectivity index (χ3n) is 6.79. The Labute approximate surface area is 243 Å². The number of thiophene rings is 1. The number of rotatable bonds is 11. The Hall–Kier alpha value is -3.56. The Morgan fingerprint density at radius 2 is 1.77 bits per heavy atom. The van der Waals surface area contributed by atoms with Crippen LogP contribution in [0.25, 0.3) is 21.2 Å². The summed E-state index contributed by atoms with van der Waals surface area (Å²) in [5.74, 6) is 0.409. The molecule has 0 bridgehead atoms. The number of esters is 1. The van der Waals surface area contributed by atoms with Crippen LogP contribution in [-0.2, 0) is 9.53 Å². The van der Waals surface area contributed by atoms with Gasteiger partial charge in [-0.25, -0.2) is 9.78 Å². The molecule has 1 aliphatic rings. The van der Waals surface area contributed by atoms with E-state index in [2.05, 4.69) is 39.2 Å². The Bertz CT molecular complexity index is 1440. The number of aromatic nitrogens is 1. The molecule has 0 N–H and O–H groups in total. The first-order valence-electron chi connectivity index (χ1n) is 13.8. The number of hydrogen-bond donors (Lipinski definition) is 0.